The zero-order valence-corrected chi connectivity index (χ0v) is 9.18. The number of hydrogen-bond donors (Lipinski definition) is 3. The first-order chi connectivity index (χ1) is 7.61. The molecule has 0 aromatic heterocycles. The van der Waals surface area contributed by atoms with Gasteiger partial charge in [0.05, 0.1) is 6.10 Å². The minimum Gasteiger partial charge on any atom is -0.508 e. The molecule has 3 N–H and O–H groups in total. The lowest BCUT2D eigenvalue weighted by Crippen LogP contribution is -2.30. The Morgan fingerprint density at radius 1 is 1.38 bits per heavy atom. The molecule has 0 aliphatic carbocycles. The number of phenolic OH excluding ortho intramolecular Hbond substituents is 2. The molecule has 0 bridgehead atoms. The van der Waals surface area contributed by atoms with Crippen LogP contribution in [-0.2, 0) is 6.42 Å². The van der Waals surface area contributed by atoms with Gasteiger partial charge in [-0.15, -0.1) is 0 Å². The number of benzene rings is 1. The van der Waals surface area contributed by atoms with Crippen LogP contribution in [0.1, 0.15) is 18.9 Å². The van der Waals surface area contributed by atoms with Gasteiger partial charge in [-0.3, -0.25) is 0 Å². The average molecular weight is 224 g/mol. The lowest BCUT2D eigenvalue weighted by atomic mass is 9.88. The van der Waals surface area contributed by atoms with E-state index in [0.29, 0.717) is 24.2 Å². The van der Waals surface area contributed by atoms with Crippen molar-refractivity contribution in [3.63, 3.8) is 0 Å². The number of hydrogen-bond acceptors (Lipinski definition) is 4. The Morgan fingerprint density at radius 3 is 2.81 bits per heavy atom. The highest BCUT2D eigenvalue weighted by Gasteiger charge is 2.28. The van der Waals surface area contributed by atoms with Crippen LogP contribution >= 0.6 is 0 Å². The predicted molar refractivity (Wildman–Crippen MR) is 58.8 cm³/mol. The molecule has 0 spiro atoms. The second kappa shape index (κ2) is 4.22. The number of aliphatic hydroxyl groups is 1. The van der Waals surface area contributed by atoms with Gasteiger partial charge < -0.3 is 20.1 Å². The van der Waals surface area contributed by atoms with Crippen LogP contribution in [0.25, 0.3) is 0 Å². The number of fused-ring (bicyclic) bond motifs is 1. The van der Waals surface area contributed by atoms with Crippen LogP contribution in [0.15, 0.2) is 12.1 Å². The van der Waals surface area contributed by atoms with E-state index in [-0.39, 0.29) is 30.1 Å². The van der Waals surface area contributed by atoms with Crippen LogP contribution in [0.4, 0.5) is 0 Å². The van der Waals surface area contributed by atoms with E-state index in [1.807, 2.05) is 6.92 Å². The summed E-state index contributed by atoms with van der Waals surface area (Å²) in [6.07, 6.45) is 1.31. The highest BCUT2D eigenvalue weighted by Crippen LogP contribution is 2.40. The Hall–Kier alpha value is -1.42. The molecule has 0 amide bonds. The second-order valence-corrected chi connectivity index (χ2v) is 4.24. The lowest BCUT2D eigenvalue weighted by molar-refractivity contribution is 0.106. The summed E-state index contributed by atoms with van der Waals surface area (Å²) in [5.74, 6) is 0.807. The Kier molecular flexibility index (Phi) is 2.92. The molecule has 2 unspecified atom stereocenters. The number of aromatic hydroxyl groups is 2. The number of aliphatic hydroxyl groups excluding tert-OH is 1. The first kappa shape index (κ1) is 11.1. The quantitative estimate of drug-likeness (QED) is 0.710. The van der Waals surface area contributed by atoms with Crippen LogP contribution in [0, 0.1) is 5.92 Å². The van der Waals surface area contributed by atoms with E-state index in [1.54, 1.807) is 0 Å². The maximum absolute atomic E-state index is 9.71. The van der Waals surface area contributed by atoms with Crippen molar-refractivity contribution in [2.45, 2.75) is 25.9 Å². The van der Waals surface area contributed by atoms with Crippen LogP contribution < -0.4 is 4.74 Å². The Labute approximate surface area is 94.1 Å². The SMILES string of the molecule is CC1Oc2cc(O)cc(O)c2CC1CCO. The van der Waals surface area contributed by atoms with Gasteiger partial charge >= 0.3 is 0 Å². The van der Waals surface area contributed by atoms with Gasteiger partial charge in [-0.05, 0) is 19.8 Å². The molecule has 1 aromatic carbocycles. The van der Waals surface area contributed by atoms with Gasteiger partial charge in [0, 0.05) is 30.2 Å². The van der Waals surface area contributed by atoms with Crippen molar-refractivity contribution in [2.75, 3.05) is 6.61 Å². The molecule has 88 valence electrons. The molecule has 0 saturated heterocycles. The first-order valence-electron chi connectivity index (χ1n) is 5.44. The van der Waals surface area contributed by atoms with Crippen molar-refractivity contribution in [2.24, 2.45) is 5.92 Å². The minimum absolute atomic E-state index is 0.00376. The standard InChI is InChI=1S/C12H16O4/c1-7-8(2-3-13)4-10-11(15)5-9(14)6-12(10)16-7/h5-8,13-15H,2-4H2,1H3. The smallest absolute Gasteiger partial charge is 0.130 e. The molecule has 2 atom stereocenters. The van der Waals surface area contributed by atoms with Crippen molar-refractivity contribution in [1.29, 1.82) is 0 Å². The van der Waals surface area contributed by atoms with Gasteiger partial charge in [0.15, 0.2) is 0 Å². The van der Waals surface area contributed by atoms with E-state index >= 15 is 0 Å². The average Bonchev–Trinajstić information content (AvgIpc) is 2.20. The maximum Gasteiger partial charge on any atom is 0.130 e. The van der Waals surface area contributed by atoms with E-state index in [0.717, 1.165) is 0 Å². The third-order valence-electron chi connectivity index (χ3n) is 3.11. The molecule has 1 aliphatic heterocycles. The number of phenols is 2. The Balaban J connectivity index is 2.31. The fourth-order valence-electron chi connectivity index (χ4n) is 2.15. The summed E-state index contributed by atoms with van der Waals surface area (Å²) < 4.78 is 5.63. The van der Waals surface area contributed by atoms with Crippen molar-refractivity contribution < 1.29 is 20.1 Å². The molecule has 0 saturated carbocycles. The molecule has 1 heterocycles. The number of rotatable bonds is 2. The molecule has 4 heteroatoms. The minimum atomic E-state index is -0.0131. The normalized spacial score (nSPS) is 23.6. The molecular weight excluding hydrogens is 208 g/mol. The Morgan fingerprint density at radius 2 is 2.12 bits per heavy atom. The topological polar surface area (TPSA) is 69.9 Å². The summed E-state index contributed by atoms with van der Waals surface area (Å²) in [5, 5.41) is 28.0. The highest BCUT2D eigenvalue weighted by atomic mass is 16.5. The van der Waals surface area contributed by atoms with E-state index in [4.69, 9.17) is 9.84 Å². The predicted octanol–water partition coefficient (Wildman–Crippen LogP) is 1.42. The fraction of sp³-hybridized carbons (Fsp3) is 0.500. The van der Waals surface area contributed by atoms with Gasteiger partial charge in [0.1, 0.15) is 17.2 Å². The summed E-state index contributed by atoms with van der Waals surface area (Å²) in [7, 11) is 0. The molecular formula is C12H16O4. The third kappa shape index (κ3) is 1.93. The monoisotopic (exact) mass is 224 g/mol. The fourth-order valence-corrected chi connectivity index (χ4v) is 2.15. The highest BCUT2D eigenvalue weighted by molar-refractivity contribution is 5.50. The van der Waals surface area contributed by atoms with Crippen molar-refractivity contribution in [3.8, 4) is 17.2 Å². The van der Waals surface area contributed by atoms with Crippen molar-refractivity contribution in [1.82, 2.24) is 0 Å². The maximum atomic E-state index is 9.71. The van der Waals surface area contributed by atoms with Crippen LogP contribution in [0.5, 0.6) is 17.2 Å². The van der Waals surface area contributed by atoms with Gasteiger partial charge in [0.2, 0.25) is 0 Å². The van der Waals surface area contributed by atoms with E-state index in [1.165, 1.54) is 12.1 Å². The van der Waals surface area contributed by atoms with E-state index < -0.39 is 0 Å². The van der Waals surface area contributed by atoms with Crippen LogP contribution in [0.2, 0.25) is 0 Å². The Bertz CT molecular complexity index is 389. The molecule has 2 rings (SSSR count). The van der Waals surface area contributed by atoms with Crippen molar-refractivity contribution in [3.05, 3.63) is 17.7 Å². The van der Waals surface area contributed by atoms with Crippen LogP contribution in [0.3, 0.4) is 0 Å². The van der Waals surface area contributed by atoms with Crippen LogP contribution in [-0.4, -0.2) is 28.0 Å². The summed E-state index contributed by atoms with van der Waals surface area (Å²) in [5.41, 5.74) is 0.717. The third-order valence-corrected chi connectivity index (χ3v) is 3.11. The summed E-state index contributed by atoms with van der Waals surface area (Å²) in [6.45, 7) is 2.05. The first-order valence-corrected chi connectivity index (χ1v) is 5.44. The summed E-state index contributed by atoms with van der Waals surface area (Å²) in [6, 6.07) is 2.83. The molecule has 0 fully saturated rings. The molecule has 4 nitrogen and oxygen atoms in total. The van der Waals surface area contributed by atoms with Gasteiger partial charge in [-0.25, -0.2) is 0 Å². The van der Waals surface area contributed by atoms with Crippen molar-refractivity contribution >= 4 is 0 Å². The van der Waals surface area contributed by atoms with Gasteiger partial charge in [-0.2, -0.15) is 0 Å². The van der Waals surface area contributed by atoms with E-state index in [2.05, 4.69) is 0 Å². The lowest BCUT2D eigenvalue weighted by Gasteiger charge is -2.31. The van der Waals surface area contributed by atoms with E-state index in [9.17, 15) is 10.2 Å². The zero-order chi connectivity index (χ0) is 11.7. The zero-order valence-electron chi connectivity index (χ0n) is 9.18. The molecule has 1 aromatic rings. The number of ether oxygens (including phenoxy) is 1. The molecule has 1 aliphatic rings. The largest absolute Gasteiger partial charge is 0.508 e. The van der Waals surface area contributed by atoms with Gasteiger partial charge in [0.25, 0.3) is 0 Å². The molecule has 16 heavy (non-hydrogen) atoms. The molecule has 0 radical (unpaired) electrons. The van der Waals surface area contributed by atoms with Gasteiger partial charge in [-0.1, -0.05) is 0 Å². The summed E-state index contributed by atoms with van der Waals surface area (Å²) >= 11 is 0. The summed E-state index contributed by atoms with van der Waals surface area (Å²) in [4.78, 5) is 0. The second-order valence-electron chi connectivity index (χ2n) is 4.24.